The number of rotatable bonds is 1. The first kappa shape index (κ1) is 6.97. The maximum atomic E-state index is 10.7. The van der Waals surface area contributed by atoms with E-state index in [2.05, 4.69) is 9.39 Å². The molecule has 1 rings (SSSR count). The summed E-state index contributed by atoms with van der Waals surface area (Å²) in [4.78, 5) is 10.7. The van der Waals surface area contributed by atoms with E-state index in [-0.39, 0.29) is 18.4 Å². The van der Waals surface area contributed by atoms with Crippen molar-refractivity contribution in [3.63, 3.8) is 0 Å². The van der Waals surface area contributed by atoms with Gasteiger partial charge in [0.1, 0.15) is 0 Å². The summed E-state index contributed by atoms with van der Waals surface area (Å²) in [5, 5.41) is 8.61. The van der Waals surface area contributed by atoms with Gasteiger partial charge in [0.2, 0.25) is 5.91 Å². The first-order chi connectivity index (χ1) is 4.24. The van der Waals surface area contributed by atoms with Gasteiger partial charge in [-0.05, 0) is 9.39 Å². The highest BCUT2D eigenvalue weighted by molar-refractivity contribution is 7.14. The van der Waals surface area contributed by atoms with Gasteiger partial charge in [0.25, 0.3) is 0 Å². The molecule has 9 heavy (non-hydrogen) atoms. The number of carbonyl (C=O) groups excluding carboxylic acids is 1. The van der Waals surface area contributed by atoms with E-state index in [1.807, 2.05) is 0 Å². The second kappa shape index (κ2) is 2.63. The standard InChI is InChI=1S/C5H10NO2P/c7-3-4-1-5(8)6(9)2-4/h4,7H,1-3,9H2. The van der Waals surface area contributed by atoms with Crippen LogP contribution in [0.3, 0.4) is 0 Å². The third kappa shape index (κ3) is 1.41. The Bertz CT molecular complexity index is 128. The highest BCUT2D eigenvalue weighted by Crippen LogP contribution is 2.19. The largest absolute Gasteiger partial charge is 0.396 e. The van der Waals surface area contributed by atoms with Crippen LogP contribution in [-0.4, -0.2) is 28.8 Å². The Hall–Kier alpha value is -0.140. The number of hydrogen-bond donors (Lipinski definition) is 1. The van der Waals surface area contributed by atoms with E-state index in [4.69, 9.17) is 5.11 Å². The van der Waals surface area contributed by atoms with E-state index < -0.39 is 0 Å². The Morgan fingerprint density at radius 3 is 2.78 bits per heavy atom. The van der Waals surface area contributed by atoms with Gasteiger partial charge in [0, 0.05) is 25.5 Å². The zero-order chi connectivity index (χ0) is 6.85. The molecular weight excluding hydrogens is 137 g/mol. The first-order valence-corrected chi connectivity index (χ1v) is 3.41. The van der Waals surface area contributed by atoms with Gasteiger partial charge in [-0.3, -0.25) is 4.79 Å². The molecule has 0 radical (unpaired) electrons. The van der Waals surface area contributed by atoms with E-state index >= 15 is 0 Å². The summed E-state index contributed by atoms with van der Waals surface area (Å²) in [6.45, 7) is 0.802. The highest BCUT2D eigenvalue weighted by Gasteiger charge is 2.25. The zero-order valence-corrected chi connectivity index (χ0v) is 6.23. The molecule has 3 nitrogen and oxygen atoms in total. The molecule has 1 fully saturated rings. The van der Waals surface area contributed by atoms with Crippen LogP contribution in [0.1, 0.15) is 6.42 Å². The van der Waals surface area contributed by atoms with Crippen LogP contribution < -0.4 is 0 Å². The summed E-state index contributed by atoms with van der Waals surface area (Å²) in [5.74, 6) is 0.272. The average molecular weight is 147 g/mol. The van der Waals surface area contributed by atoms with Crippen molar-refractivity contribution < 1.29 is 9.90 Å². The molecule has 2 atom stereocenters. The molecule has 52 valence electrons. The fraction of sp³-hybridized carbons (Fsp3) is 0.800. The zero-order valence-electron chi connectivity index (χ0n) is 5.08. The van der Waals surface area contributed by atoms with Crippen molar-refractivity contribution in [1.82, 2.24) is 4.67 Å². The van der Waals surface area contributed by atoms with Crippen LogP contribution in [0.5, 0.6) is 0 Å². The fourth-order valence-electron chi connectivity index (χ4n) is 0.931. The van der Waals surface area contributed by atoms with E-state index in [0.717, 1.165) is 0 Å². The Morgan fingerprint density at radius 2 is 2.56 bits per heavy atom. The summed E-state index contributed by atoms with van der Waals surface area (Å²) in [6.07, 6.45) is 0.500. The van der Waals surface area contributed by atoms with E-state index in [9.17, 15) is 4.79 Å². The molecule has 1 saturated heterocycles. The second-order valence-electron chi connectivity index (χ2n) is 2.30. The molecule has 0 bridgehead atoms. The molecule has 1 heterocycles. The van der Waals surface area contributed by atoms with Crippen LogP contribution >= 0.6 is 9.39 Å². The number of nitrogens with zero attached hydrogens (tertiary/aromatic N) is 1. The average Bonchev–Trinajstić information content (AvgIpc) is 2.13. The molecular formula is C5H10NO2P. The molecule has 0 spiro atoms. The Kier molecular flexibility index (Phi) is 2.04. The van der Waals surface area contributed by atoms with Crippen LogP contribution in [0.4, 0.5) is 0 Å². The second-order valence-corrected chi connectivity index (χ2v) is 2.92. The summed E-state index contributed by atoms with van der Waals surface area (Å²) in [5.41, 5.74) is 0. The third-order valence-corrected chi connectivity index (χ3v) is 2.00. The molecule has 1 N–H and O–H groups in total. The van der Waals surface area contributed by atoms with Gasteiger partial charge in [-0.1, -0.05) is 0 Å². The lowest BCUT2D eigenvalue weighted by Gasteiger charge is -2.05. The predicted octanol–water partition coefficient (Wildman–Crippen LogP) is -0.383. The summed E-state index contributed by atoms with van der Waals surface area (Å²) in [6, 6.07) is 0. The van der Waals surface area contributed by atoms with Gasteiger partial charge in [0.05, 0.1) is 0 Å². The topological polar surface area (TPSA) is 40.5 Å². The minimum atomic E-state index is 0.110. The number of amides is 1. The SMILES string of the molecule is O=C1CC(CO)CN1P. The van der Waals surface area contributed by atoms with Gasteiger partial charge >= 0.3 is 0 Å². The lowest BCUT2D eigenvalue weighted by Crippen LogP contribution is -2.12. The quantitative estimate of drug-likeness (QED) is 0.513. The van der Waals surface area contributed by atoms with Crippen molar-refractivity contribution in [2.45, 2.75) is 6.42 Å². The first-order valence-electron chi connectivity index (χ1n) is 2.90. The van der Waals surface area contributed by atoms with Gasteiger partial charge in [-0.2, -0.15) is 0 Å². The van der Waals surface area contributed by atoms with Crippen molar-refractivity contribution >= 4 is 15.3 Å². The molecule has 1 aliphatic rings. The summed E-state index contributed by atoms with van der Waals surface area (Å²) in [7, 11) is 2.34. The molecule has 4 heteroatoms. The van der Waals surface area contributed by atoms with E-state index in [0.29, 0.717) is 13.0 Å². The Morgan fingerprint density at radius 1 is 1.89 bits per heavy atom. The number of carbonyl (C=O) groups is 1. The summed E-state index contributed by atoms with van der Waals surface area (Å²) < 4.78 is 1.57. The Balaban J connectivity index is 2.44. The summed E-state index contributed by atoms with van der Waals surface area (Å²) >= 11 is 0. The van der Waals surface area contributed by atoms with E-state index in [1.54, 1.807) is 4.67 Å². The smallest absolute Gasteiger partial charge is 0.225 e. The predicted molar refractivity (Wildman–Crippen MR) is 36.6 cm³/mol. The number of hydrogen-bond acceptors (Lipinski definition) is 2. The molecule has 0 aliphatic carbocycles. The van der Waals surface area contributed by atoms with Gasteiger partial charge in [-0.25, -0.2) is 0 Å². The lowest BCUT2D eigenvalue weighted by atomic mass is 10.1. The minimum Gasteiger partial charge on any atom is -0.396 e. The van der Waals surface area contributed by atoms with Crippen LogP contribution in [-0.2, 0) is 4.79 Å². The molecule has 0 aromatic carbocycles. The van der Waals surface area contributed by atoms with Crippen LogP contribution in [0.2, 0.25) is 0 Å². The van der Waals surface area contributed by atoms with Crippen molar-refractivity contribution in [2.75, 3.05) is 13.2 Å². The van der Waals surface area contributed by atoms with Gasteiger partial charge in [-0.15, -0.1) is 0 Å². The number of aliphatic hydroxyl groups excluding tert-OH is 1. The van der Waals surface area contributed by atoms with Crippen LogP contribution in [0.15, 0.2) is 0 Å². The molecule has 0 saturated carbocycles. The Labute approximate surface area is 56.3 Å². The van der Waals surface area contributed by atoms with E-state index in [1.165, 1.54) is 0 Å². The maximum absolute atomic E-state index is 10.7. The maximum Gasteiger partial charge on any atom is 0.225 e. The molecule has 0 aromatic heterocycles. The van der Waals surface area contributed by atoms with Crippen LogP contribution in [0, 0.1) is 5.92 Å². The monoisotopic (exact) mass is 147 g/mol. The van der Waals surface area contributed by atoms with Crippen LogP contribution in [0.25, 0.3) is 0 Å². The van der Waals surface area contributed by atoms with Crippen molar-refractivity contribution in [3.8, 4) is 0 Å². The van der Waals surface area contributed by atoms with Gasteiger partial charge < -0.3 is 9.78 Å². The lowest BCUT2D eigenvalue weighted by molar-refractivity contribution is -0.123. The van der Waals surface area contributed by atoms with Crippen molar-refractivity contribution in [1.29, 1.82) is 0 Å². The minimum absolute atomic E-state index is 0.110. The van der Waals surface area contributed by atoms with Gasteiger partial charge in [0.15, 0.2) is 0 Å². The normalized spacial score (nSPS) is 27.6. The number of aliphatic hydroxyl groups is 1. The third-order valence-electron chi connectivity index (χ3n) is 1.50. The molecule has 1 amide bonds. The molecule has 1 aliphatic heterocycles. The fourth-order valence-corrected chi connectivity index (χ4v) is 1.33. The van der Waals surface area contributed by atoms with Crippen molar-refractivity contribution in [2.24, 2.45) is 5.92 Å². The molecule has 0 aromatic rings. The molecule has 2 unspecified atom stereocenters. The van der Waals surface area contributed by atoms with Crippen molar-refractivity contribution in [3.05, 3.63) is 0 Å². The highest BCUT2D eigenvalue weighted by atomic mass is 31.0.